The predicted molar refractivity (Wildman–Crippen MR) is 131 cm³/mol. The number of nitrogens with one attached hydrogen (secondary N) is 2. The zero-order valence-corrected chi connectivity index (χ0v) is 19.3. The first kappa shape index (κ1) is 23.0. The quantitative estimate of drug-likeness (QED) is 0.428. The van der Waals surface area contributed by atoms with E-state index in [4.69, 9.17) is 4.74 Å². The van der Waals surface area contributed by atoms with Crippen molar-refractivity contribution in [2.45, 2.75) is 11.8 Å². The number of rotatable bonds is 6. The molecule has 0 aliphatic rings. The summed E-state index contributed by atoms with van der Waals surface area (Å²) >= 11 is 0. The Morgan fingerprint density at radius 1 is 0.735 bits per heavy atom. The first-order chi connectivity index (χ1) is 16.3. The van der Waals surface area contributed by atoms with E-state index in [1.165, 1.54) is 37.4 Å². The molecule has 0 heterocycles. The number of amides is 2. The number of hydrogen-bond donors (Lipinski definition) is 2. The van der Waals surface area contributed by atoms with Crippen molar-refractivity contribution in [3.05, 3.63) is 102 Å². The first-order valence-corrected chi connectivity index (χ1v) is 11.9. The van der Waals surface area contributed by atoms with Gasteiger partial charge in [0.15, 0.2) is 0 Å². The van der Waals surface area contributed by atoms with Crippen LogP contribution in [0.25, 0.3) is 10.8 Å². The number of methoxy groups -OCH3 is 1. The minimum Gasteiger partial charge on any atom is -0.497 e. The lowest BCUT2D eigenvalue weighted by atomic mass is 10.0. The number of sulfonamides is 1. The third-order valence-electron chi connectivity index (χ3n) is 5.40. The largest absolute Gasteiger partial charge is 0.497 e. The lowest BCUT2D eigenvalue weighted by molar-refractivity contribution is 0.0981. The summed E-state index contributed by atoms with van der Waals surface area (Å²) in [6, 6.07) is 23.0. The second-order valence-electron chi connectivity index (χ2n) is 7.59. The van der Waals surface area contributed by atoms with Crippen LogP contribution >= 0.6 is 0 Å². The minimum absolute atomic E-state index is 0.0620. The highest BCUT2D eigenvalue weighted by Gasteiger charge is 2.21. The van der Waals surface area contributed by atoms with Gasteiger partial charge < -0.3 is 10.1 Å². The van der Waals surface area contributed by atoms with E-state index in [0.29, 0.717) is 27.8 Å². The molecule has 0 aromatic heterocycles. The molecule has 4 aromatic carbocycles. The molecule has 0 fully saturated rings. The number of fused-ring (bicyclic) bond motifs is 1. The van der Waals surface area contributed by atoms with E-state index in [1.54, 1.807) is 42.5 Å². The molecule has 0 unspecified atom stereocenters. The molecular weight excluding hydrogens is 452 g/mol. The van der Waals surface area contributed by atoms with Crippen LogP contribution in [-0.2, 0) is 10.0 Å². The van der Waals surface area contributed by atoms with Crippen molar-refractivity contribution in [1.82, 2.24) is 4.72 Å². The summed E-state index contributed by atoms with van der Waals surface area (Å²) < 4.78 is 32.6. The fraction of sp³-hybridized carbons (Fsp3) is 0.0769. The maximum Gasteiger partial charge on any atom is 0.265 e. The van der Waals surface area contributed by atoms with Gasteiger partial charge in [0.05, 0.1) is 12.0 Å². The van der Waals surface area contributed by atoms with Crippen LogP contribution in [0.3, 0.4) is 0 Å². The smallest absolute Gasteiger partial charge is 0.265 e. The van der Waals surface area contributed by atoms with Crippen LogP contribution in [-0.4, -0.2) is 27.3 Å². The zero-order chi connectivity index (χ0) is 24.3. The molecule has 2 N–H and O–H groups in total. The Morgan fingerprint density at radius 2 is 1.38 bits per heavy atom. The van der Waals surface area contributed by atoms with E-state index in [-0.39, 0.29) is 16.4 Å². The van der Waals surface area contributed by atoms with Gasteiger partial charge in [-0.15, -0.1) is 0 Å². The second kappa shape index (κ2) is 9.36. The van der Waals surface area contributed by atoms with Crippen LogP contribution in [0.2, 0.25) is 0 Å². The number of hydrogen-bond acceptors (Lipinski definition) is 5. The molecular formula is C26H22N2O5S. The third-order valence-corrected chi connectivity index (χ3v) is 6.75. The van der Waals surface area contributed by atoms with E-state index in [0.717, 1.165) is 5.56 Å². The van der Waals surface area contributed by atoms with E-state index in [9.17, 15) is 18.0 Å². The molecule has 0 aliphatic carbocycles. The Bertz CT molecular complexity index is 1500. The molecule has 0 saturated heterocycles. The highest BCUT2D eigenvalue weighted by Crippen LogP contribution is 2.28. The minimum atomic E-state index is -4.10. The maximum absolute atomic E-state index is 13.0. The molecule has 34 heavy (non-hydrogen) atoms. The number of ether oxygens (including phenoxy) is 1. The number of carbonyl (C=O) groups excluding carboxylic acids is 2. The van der Waals surface area contributed by atoms with Gasteiger partial charge in [-0.25, -0.2) is 13.1 Å². The summed E-state index contributed by atoms with van der Waals surface area (Å²) in [6.45, 7) is 1.85. The molecule has 8 heteroatoms. The topological polar surface area (TPSA) is 102 Å². The van der Waals surface area contributed by atoms with Gasteiger partial charge in [-0.1, -0.05) is 42.5 Å². The van der Waals surface area contributed by atoms with Crippen molar-refractivity contribution in [1.29, 1.82) is 0 Å². The van der Waals surface area contributed by atoms with Gasteiger partial charge in [-0.2, -0.15) is 0 Å². The summed E-state index contributed by atoms with van der Waals surface area (Å²) in [6.07, 6.45) is 0. The maximum atomic E-state index is 13.0. The lowest BCUT2D eigenvalue weighted by Crippen LogP contribution is -2.30. The van der Waals surface area contributed by atoms with Crippen molar-refractivity contribution < 1.29 is 22.7 Å². The number of carbonyl (C=O) groups is 2. The van der Waals surface area contributed by atoms with Crippen LogP contribution in [0, 0.1) is 6.92 Å². The number of anilines is 1. The molecule has 4 rings (SSSR count). The van der Waals surface area contributed by atoms with Gasteiger partial charge in [0.2, 0.25) is 0 Å². The van der Waals surface area contributed by atoms with Gasteiger partial charge in [-0.3, -0.25) is 9.59 Å². The Kier molecular flexibility index (Phi) is 6.34. The zero-order valence-electron chi connectivity index (χ0n) is 18.5. The highest BCUT2D eigenvalue weighted by molar-refractivity contribution is 7.90. The van der Waals surface area contributed by atoms with Crippen LogP contribution in [0.4, 0.5) is 5.69 Å². The summed E-state index contributed by atoms with van der Waals surface area (Å²) in [5.74, 6) is -0.550. The summed E-state index contributed by atoms with van der Waals surface area (Å²) in [4.78, 5) is 25.7. The van der Waals surface area contributed by atoms with Gasteiger partial charge in [-0.05, 0) is 60.3 Å². The van der Waals surface area contributed by atoms with Crippen molar-refractivity contribution in [2.75, 3.05) is 12.4 Å². The third kappa shape index (κ3) is 4.62. The average Bonchev–Trinajstić information content (AvgIpc) is 2.84. The van der Waals surface area contributed by atoms with Gasteiger partial charge in [0.1, 0.15) is 5.75 Å². The van der Waals surface area contributed by atoms with Gasteiger partial charge >= 0.3 is 0 Å². The molecule has 0 atom stereocenters. The Labute approximate surface area is 197 Å². The molecule has 0 saturated carbocycles. The number of aryl methyl sites for hydroxylation is 1. The monoisotopic (exact) mass is 474 g/mol. The molecule has 0 aliphatic heterocycles. The summed E-state index contributed by atoms with van der Waals surface area (Å²) in [5.41, 5.74) is 2.06. The fourth-order valence-corrected chi connectivity index (χ4v) is 4.58. The molecule has 7 nitrogen and oxygen atoms in total. The van der Waals surface area contributed by atoms with E-state index < -0.39 is 15.9 Å². The van der Waals surface area contributed by atoms with Gasteiger partial charge in [0, 0.05) is 22.2 Å². The van der Waals surface area contributed by atoms with Gasteiger partial charge in [0.25, 0.3) is 21.8 Å². The Hall–Kier alpha value is -4.17. The molecule has 0 radical (unpaired) electrons. The van der Waals surface area contributed by atoms with Crippen LogP contribution in [0.1, 0.15) is 26.3 Å². The van der Waals surface area contributed by atoms with Crippen molar-refractivity contribution in [3.8, 4) is 5.75 Å². The second-order valence-corrected chi connectivity index (χ2v) is 9.27. The Balaban J connectivity index is 1.64. The molecule has 4 aromatic rings. The van der Waals surface area contributed by atoms with E-state index >= 15 is 0 Å². The SMILES string of the molecule is COc1ccc(S(=O)(=O)NC(=O)c2ccc(NC(=O)c3ccccc3C)c3ccccc23)cc1. The van der Waals surface area contributed by atoms with Crippen LogP contribution in [0.15, 0.2) is 89.8 Å². The molecule has 0 bridgehead atoms. The molecule has 0 spiro atoms. The van der Waals surface area contributed by atoms with E-state index in [1.807, 2.05) is 19.1 Å². The van der Waals surface area contributed by atoms with Crippen molar-refractivity contribution >= 4 is 38.3 Å². The predicted octanol–water partition coefficient (Wildman–Crippen LogP) is 4.53. The fourth-order valence-electron chi connectivity index (χ4n) is 3.61. The van der Waals surface area contributed by atoms with Crippen molar-refractivity contribution in [3.63, 3.8) is 0 Å². The molecule has 2 amide bonds. The normalized spacial score (nSPS) is 11.1. The average molecular weight is 475 g/mol. The molecule has 172 valence electrons. The summed E-state index contributed by atoms with van der Waals surface area (Å²) in [7, 11) is -2.62. The van der Waals surface area contributed by atoms with Crippen molar-refractivity contribution in [2.24, 2.45) is 0 Å². The van der Waals surface area contributed by atoms with Crippen LogP contribution < -0.4 is 14.8 Å². The Morgan fingerprint density at radius 3 is 2.06 bits per heavy atom. The van der Waals surface area contributed by atoms with E-state index in [2.05, 4.69) is 10.0 Å². The first-order valence-electron chi connectivity index (χ1n) is 10.4. The lowest BCUT2D eigenvalue weighted by Gasteiger charge is -2.14. The highest BCUT2D eigenvalue weighted by atomic mass is 32.2. The summed E-state index contributed by atoms with van der Waals surface area (Å²) in [5, 5.41) is 4.01. The van der Waals surface area contributed by atoms with Crippen LogP contribution in [0.5, 0.6) is 5.75 Å². The standard InChI is InChI=1S/C26H22N2O5S/c1-17-7-3-4-8-20(17)25(29)27-24-16-15-23(21-9-5-6-10-22(21)24)26(30)28-34(31,32)19-13-11-18(33-2)12-14-19/h3-16H,1-2H3,(H,27,29)(H,28,30). The number of benzene rings is 4.